The molecule has 1 heterocycles. The van der Waals surface area contributed by atoms with Crippen LogP contribution in [0.1, 0.15) is 11.7 Å². The van der Waals surface area contributed by atoms with Crippen LogP contribution in [0.5, 0.6) is 0 Å². The molecular weight excluding hydrogens is 123 g/mol. The summed E-state index contributed by atoms with van der Waals surface area (Å²) in [7, 11) is 0. The quantitative estimate of drug-likeness (QED) is 0.515. The maximum atomic E-state index is 12.0. The molecule has 3 nitrogen and oxygen atoms in total. The standard InChI is InChI=1S/C5H5FN2O/c1-4(9)8-3-2-5(6)7-8/h2-3H,1H3. The highest BCUT2D eigenvalue weighted by atomic mass is 19.1. The van der Waals surface area contributed by atoms with Crippen molar-refractivity contribution < 1.29 is 9.18 Å². The molecule has 0 aliphatic carbocycles. The second-order valence-electron chi connectivity index (χ2n) is 1.60. The second-order valence-corrected chi connectivity index (χ2v) is 1.60. The van der Waals surface area contributed by atoms with E-state index in [1.165, 1.54) is 13.1 Å². The highest BCUT2D eigenvalue weighted by Gasteiger charge is 1.98. The number of aromatic nitrogens is 2. The fraction of sp³-hybridized carbons (Fsp3) is 0.200. The maximum absolute atomic E-state index is 12.0. The molecule has 0 amide bonds. The molecule has 0 aromatic carbocycles. The number of rotatable bonds is 0. The van der Waals surface area contributed by atoms with Crippen molar-refractivity contribution in [1.29, 1.82) is 0 Å². The Morgan fingerprint density at radius 1 is 1.89 bits per heavy atom. The van der Waals surface area contributed by atoms with Crippen LogP contribution in [0, 0.1) is 5.95 Å². The molecule has 4 heteroatoms. The van der Waals surface area contributed by atoms with Gasteiger partial charge in [0.15, 0.2) is 0 Å². The molecule has 1 aromatic rings. The third-order valence-corrected chi connectivity index (χ3v) is 0.879. The summed E-state index contributed by atoms with van der Waals surface area (Å²) in [4.78, 5) is 10.4. The fourth-order valence-electron chi connectivity index (χ4n) is 0.477. The molecule has 0 spiro atoms. The highest BCUT2D eigenvalue weighted by Crippen LogP contribution is 1.90. The summed E-state index contributed by atoms with van der Waals surface area (Å²) in [5.41, 5.74) is 0. The van der Waals surface area contributed by atoms with Crippen molar-refractivity contribution in [3.63, 3.8) is 0 Å². The normalized spacial score (nSPS) is 9.56. The average molecular weight is 128 g/mol. The predicted molar refractivity (Wildman–Crippen MR) is 28.5 cm³/mol. The van der Waals surface area contributed by atoms with Crippen molar-refractivity contribution in [1.82, 2.24) is 9.78 Å². The molecular formula is C5H5FN2O. The first-order valence-corrected chi connectivity index (χ1v) is 2.42. The van der Waals surface area contributed by atoms with E-state index in [0.29, 0.717) is 0 Å². The van der Waals surface area contributed by atoms with Crippen LogP contribution in [0.15, 0.2) is 12.3 Å². The number of carbonyl (C=O) groups excluding carboxylic acids is 1. The molecule has 0 aliphatic rings. The minimum absolute atomic E-state index is 0.293. The molecule has 0 fully saturated rings. The van der Waals surface area contributed by atoms with Gasteiger partial charge in [0.25, 0.3) is 0 Å². The van der Waals surface area contributed by atoms with Gasteiger partial charge in [0, 0.05) is 19.2 Å². The third kappa shape index (κ3) is 1.13. The minimum Gasteiger partial charge on any atom is -0.273 e. The lowest BCUT2D eigenvalue weighted by molar-refractivity contribution is 0.0919. The van der Waals surface area contributed by atoms with Crippen molar-refractivity contribution in [2.75, 3.05) is 0 Å². The molecule has 0 atom stereocenters. The van der Waals surface area contributed by atoms with Crippen LogP contribution >= 0.6 is 0 Å². The van der Waals surface area contributed by atoms with Gasteiger partial charge in [-0.05, 0) is 0 Å². The van der Waals surface area contributed by atoms with Gasteiger partial charge >= 0.3 is 0 Å². The Bertz CT molecular complexity index is 231. The van der Waals surface area contributed by atoms with Crippen molar-refractivity contribution in [2.45, 2.75) is 6.92 Å². The zero-order valence-corrected chi connectivity index (χ0v) is 4.84. The van der Waals surface area contributed by atoms with Gasteiger partial charge in [0.2, 0.25) is 11.9 Å². The van der Waals surface area contributed by atoms with E-state index in [4.69, 9.17) is 0 Å². The van der Waals surface area contributed by atoms with Crippen molar-refractivity contribution in [3.05, 3.63) is 18.2 Å². The number of hydrogen-bond acceptors (Lipinski definition) is 2. The summed E-state index contributed by atoms with van der Waals surface area (Å²) < 4.78 is 12.9. The predicted octanol–water partition coefficient (Wildman–Crippen LogP) is 0.682. The van der Waals surface area contributed by atoms with Crippen LogP contribution in [0.4, 0.5) is 4.39 Å². The molecule has 1 rings (SSSR count). The van der Waals surface area contributed by atoms with Gasteiger partial charge in [-0.2, -0.15) is 4.39 Å². The Morgan fingerprint density at radius 2 is 2.56 bits per heavy atom. The SMILES string of the molecule is CC(=O)n1ccc(F)n1. The van der Waals surface area contributed by atoms with Gasteiger partial charge in [-0.25, -0.2) is 4.68 Å². The van der Waals surface area contributed by atoms with Crippen LogP contribution in [-0.2, 0) is 0 Å². The monoisotopic (exact) mass is 128 g/mol. The van der Waals surface area contributed by atoms with Gasteiger partial charge in [0.1, 0.15) is 0 Å². The number of nitrogens with zero attached hydrogens (tertiary/aromatic N) is 2. The van der Waals surface area contributed by atoms with E-state index in [-0.39, 0.29) is 5.91 Å². The maximum Gasteiger partial charge on any atom is 0.243 e. The first-order chi connectivity index (χ1) is 4.20. The zero-order chi connectivity index (χ0) is 6.85. The van der Waals surface area contributed by atoms with E-state index in [9.17, 15) is 9.18 Å². The smallest absolute Gasteiger partial charge is 0.243 e. The van der Waals surface area contributed by atoms with E-state index in [2.05, 4.69) is 5.10 Å². The van der Waals surface area contributed by atoms with E-state index < -0.39 is 5.95 Å². The number of halogens is 1. The Kier molecular flexibility index (Phi) is 1.30. The molecule has 9 heavy (non-hydrogen) atoms. The zero-order valence-electron chi connectivity index (χ0n) is 4.84. The number of hydrogen-bond donors (Lipinski definition) is 0. The summed E-state index contributed by atoms with van der Waals surface area (Å²) in [6.07, 6.45) is 1.28. The lowest BCUT2D eigenvalue weighted by Crippen LogP contribution is -2.05. The van der Waals surface area contributed by atoms with Gasteiger partial charge in [-0.15, -0.1) is 5.10 Å². The van der Waals surface area contributed by atoms with Crippen LogP contribution in [-0.4, -0.2) is 15.7 Å². The van der Waals surface area contributed by atoms with E-state index in [1.54, 1.807) is 0 Å². The molecule has 0 N–H and O–H groups in total. The molecule has 48 valence electrons. The van der Waals surface area contributed by atoms with Crippen molar-refractivity contribution >= 4 is 5.91 Å². The summed E-state index contributed by atoms with van der Waals surface area (Å²) in [6, 6.07) is 1.13. The van der Waals surface area contributed by atoms with Gasteiger partial charge in [-0.1, -0.05) is 0 Å². The van der Waals surface area contributed by atoms with E-state index in [1.807, 2.05) is 0 Å². The number of carbonyl (C=O) groups is 1. The molecule has 0 saturated carbocycles. The Hall–Kier alpha value is -1.19. The topological polar surface area (TPSA) is 34.9 Å². The molecule has 0 saturated heterocycles. The van der Waals surface area contributed by atoms with Gasteiger partial charge < -0.3 is 0 Å². The Morgan fingerprint density at radius 3 is 2.78 bits per heavy atom. The second kappa shape index (κ2) is 1.97. The van der Waals surface area contributed by atoms with Crippen LogP contribution in [0.2, 0.25) is 0 Å². The minimum atomic E-state index is -0.634. The fourth-order valence-corrected chi connectivity index (χ4v) is 0.477. The lowest BCUT2D eigenvalue weighted by Gasteiger charge is -1.87. The molecule has 1 aromatic heterocycles. The molecule has 0 unspecified atom stereocenters. The Labute approximate surface area is 51.1 Å². The average Bonchev–Trinajstić information content (AvgIpc) is 2.14. The first kappa shape index (κ1) is 5.94. The summed E-state index contributed by atoms with van der Waals surface area (Å²) in [6.45, 7) is 1.31. The van der Waals surface area contributed by atoms with E-state index in [0.717, 1.165) is 10.7 Å². The van der Waals surface area contributed by atoms with Crippen LogP contribution < -0.4 is 0 Å². The summed E-state index contributed by atoms with van der Waals surface area (Å²) in [5, 5.41) is 3.21. The highest BCUT2D eigenvalue weighted by molar-refractivity contribution is 5.74. The molecule has 0 bridgehead atoms. The summed E-state index contributed by atoms with van der Waals surface area (Å²) >= 11 is 0. The molecule has 0 aliphatic heterocycles. The first-order valence-electron chi connectivity index (χ1n) is 2.42. The summed E-state index contributed by atoms with van der Waals surface area (Å²) in [5.74, 6) is -0.927. The third-order valence-electron chi connectivity index (χ3n) is 0.879. The Balaban J connectivity index is 2.98. The van der Waals surface area contributed by atoms with E-state index >= 15 is 0 Å². The van der Waals surface area contributed by atoms with Gasteiger partial charge in [-0.3, -0.25) is 4.79 Å². The lowest BCUT2D eigenvalue weighted by atomic mass is 10.7. The largest absolute Gasteiger partial charge is 0.273 e. The van der Waals surface area contributed by atoms with Crippen molar-refractivity contribution in [3.8, 4) is 0 Å². The molecule has 0 radical (unpaired) electrons. The van der Waals surface area contributed by atoms with Gasteiger partial charge in [0.05, 0.1) is 0 Å². The van der Waals surface area contributed by atoms with Crippen molar-refractivity contribution in [2.24, 2.45) is 0 Å². The van der Waals surface area contributed by atoms with Crippen LogP contribution in [0.25, 0.3) is 0 Å². The van der Waals surface area contributed by atoms with Crippen LogP contribution in [0.3, 0.4) is 0 Å².